The molecule has 0 atom stereocenters. The van der Waals surface area contributed by atoms with Crippen molar-refractivity contribution in [3.05, 3.63) is 35.7 Å². The van der Waals surface area contributed by atoms with Crippen LogP contribution in [0.1, 0.15) is 19.4 Å². The fraction of sp³-hybridized carbons (Fsp3) is 0.250. The van der Waals surface area contributed by atoms with Crippen LogP contribution in [-0.2, 0) is 9.53 Å². The fourth-order valence-electron chi connectivity index (χ4n) is 1.21. The van der Waals surface area contributed by atoms with Crippen LogP contribution < -0.4 is 0 Å². The van der Waals surface area contributed by atoms with Crippen LogP contribution in [0.4, 0.5) is 0 Å². The number of allylic oxidation sites excluding steroid dienone is 1. The summed E-state index contributed by atoms with van der Waals surface area (Å²) in [5.74, 6) is -0.591. The highest BCUT2D eigenvalue weighted by atomic mass is 16.5. The summed E-state index contributed by atoms with van der Waals surface area (Å²) in [4.78, 5) is 15.4. The zero-order valence-corrected chi connectivity index (χ0v) is 9.23. The van der Waals surface area contributed by atoms with Gasteiger partial charge in [-0.1, -0.05) is 6.07 Å². The molecule has 0 aliphatic carbocycles. The molecular weight excluding hydrogens is 204 g/mol. The molecule has 1 aromatic heterocycles. The predicted octanol–water partition coefficient (Wildman–Crippen LogP) is 1.94. The van der Waals surface area contributed by atoms with E-state index in [0.717, 1.165) is 5.56 Å². The van der Waals surface area contributed by atoms with Crippen LogP contribution in [0.25, 0.3) is 5.57 Å². The smallest absolute Gasteiger partial charge is 0.349 e. The minimum Gasteiger partial charge on any atom is -0.462 e. The minimum absolute atomic E-state index is 0.0230. The SMILES string of the molecule is CCOC(=O)/C(C#N)=C(/C)c1cccnc1. The molecule has 1 heterocycles. The number of ether oxygens (including phenoxy) is 1. The third-order valence-corrected chi connectivity index (χ3v) is 2.06. The normalized spacial score (nSPS) is 11.3. The number of aromatic nitrogens is 1. The Morgan fingerprint density at radius 2 is 2.38 bits per heavy atom. The lowest BCUT2D eigenvalue weighted by atomic mass is 10.0. The molecule has 0 aliphatic heterocycles. The Kier molecular flexibility index (Phi) is 4.22. The number of hydrogen-bond donors (Lipinski definition) is 0. The van der Waals surface area contributed by atoms with E-state index in [0.29, 0.717) is 5.57 Å². The van der Waals surface area contributed by atoms with Gasteiger partial charge in [0.05, 0.1) is 6.61 Å². The Bertz CT molecular complexity index is 444. The molecule has 0 aromatic carbocycles. The van der Waals surface area contributed by atoms with Crippen LogP contribution in [-0.4, -0.2) is 17.6 Å². The van der Waals surface area contributed by atoms with Gasteiger partial charge >= 0.3 is 5.97 Å². The number of nitrogens with zero attached hydrogens (tertiary/aromatic N) is 2. The number of hydrogen-bond acceptors (Lipinski definition) is 4. The molecule has 16 heavy (non-hydrogen) atoms. The largest absolute Gasteiger partial charge is 0.462 e. The first kappa shape index (κ1) is 11.9. The molecular formula is C12H12N2O2. The van der Waals surface area contributed by atoms with Crippen LogP contribution in [0.2, 0.25) is 0 Å². The summed E-state index contributed by atoms with van der Waals surface area (Å²) in [6.45, 7) is 3.66. The van der Waals surface area contributed by atoms with Gasteiger partial charge < -0.3 is 4.74 Å². The van der Waals surface area contributed by atoms with Crippen molar-refractivity contribution in [1.82, 2.24) is 4.98 Å². The summed E-state index contributed by atoms with van der Waals surface area (Å²) in [5, 5.41) is 8.93. The molecule has 0 spiro atoms. The van der Waals surface area contributed by atoms with E-state index in [4.69, 9.17) is 10.00 Å². The topological polar surface area (TPSA) is 63.0 Å². The van der Waals surface area contributed by atoms with Gasteiger partial charge in [0.15, 0.2) is 0 Å². The zero-order valence-electron chi connectivity index (χ0n) is 9.23. The third-order valence-electron chi connectivity index (χ3n) is 2.06. The van der Waals surface area contributed by atoms with Crippen molar-refractivity contribution >= 4 is 11.5 Å². The van der Waals surface area contributed by atoms with E-state index >= 15 is 0 Å². The lowest BCUT2D eigenvalue weighted by Crippen LogP contribution is -2.08. The highest BCUT2D eigenvalue weighted by molar-refractivity contribution is 6.01. The monoisotopic (exact) mass is 216 g/mol. The predicted molar refractivity (Wildman–Crippen MR) is 59.1 cm³/mol. The molecule has 0 saturated heterocycles. The highest BCUT2D eigenvalue weighted by Gasteiger charge is 2.14. The van der Waals surface area contributed by atoms with Gasteiger partial charge in [0.25, 0.3) is 0 Å². The van der Waals surface area contributed by atoms with Crippen molar-refractivity contribution in [2.45, 2.75) is 13.8 Å². The van der Waals surface area contributed by atoms with Crippen molar-refractivity contribution in [3.63, 3.8) is 0 Å². The standard InChI is InChI=1S/C12H12N2O2/c1-3-16-12(15)11(7-13)9(2)10-5-4-6-14-8-10/h4-6,8H,3H2,1-2H3/b11-9-. The van der Waals surface area contributed by atoms with Gasteiger partial charge in [-0.15, -0.1) is 0 Å². The second-order valence-electron chi connectivity index (χ2n) is 3.07. The van der Waals surface area contributed by atoms with Crippen LogP contribution in [0.5, 0.6) is 0 Å². The first-order valence-corrected chi connectivity index (χ1v) is 4.89. The first-order valence-electron chi connectivity index (χ1n) is 4.89. The lowest BCUT2D eigenvalue weighted by Gasteiger charge is -2.04. The summed E-state index contributed by atoms with van der Waals surface area (Å²) >= 11 is 0. The molecule has 0 unspecified atom stereocenters. The van der Waals surface area contributed by atoms with E-state index in [-0.39, 0.29) is 12.2 Å². The number of carbonyl (C=O) groups is 1. The second kappa shape index (κ2) is 5.66. The van der Waals surface area contributed by atoms with Gasteiger partial charge in [-0.3, -0.25) is 4.98 Å². The van der Waals surface area contributed by atoms with Crippen molar-refractivity contribution in [3.8, 4) is 6.07 Å². The number of carbonyl (C=O) groups excluding carboxylic acids is 1. The maximum atomic E-state index is 11.5. The highest BCUT2D eigenvalue weighted by Crippen LogP contribution is 2.17. The minimum atomic E-state index is -0.591. The Morgan fingerprint density at radius 3 is 2.88 bits per heavy atom. The lowest BCUT2D eigenvalue weighted by molar-refractivity contribution is -0.137. The Morgan fingerprint density at radius 1 is 1.62 bits per heavy atom. The average molecular weight is 216 g/mol. The molecule has 0 radical (unpaired) electrons. The fourth-order valence-corrected chi connectivity index (χ4v) is 1.21. The average Bonchev–Trinajstić information content (AvgIpc) is 2.31. The molecule has 0 amide bonds. The van der Waals surface area contributed by atoms with Crippen LogP contribution in [0.15, 0.2) is 30.1 Å². The van der Waals surface area contributed by atoms with E-state index in [1.165, 1.54) is 0 Å². The molecule has 0 aliphatic rings. The van der Waals surface area contributed by atoms with Crippen molar-refractivity contribution in [2.24, 2.45) is 0 Å². The quantitative estimate of drug-likeness (QED) is 0.440. The van der Waals surface area contributed by atoms with Gasteiger partial charge in [-0.2, -0.15) is 5.26 Å². The molecule has 0 N–H and O–H groups in total. The third kappa shape index (κ3) is 2.67. The number of rotatable bonds is 3. The molecule has 4 heteroatoms. The van der Waals surface area contributed by atoms with E-state index in [9.17, 15) is 4.79 Å². The summed E-state index contributed by atoms with van der Waals surface area (Å²) < 4.78 is 4.80. The molecule has 4 nitrogen and oxygen atoms in total. The van der Waals surface area contributed by atoms with Crippen LogP contribution >= 0.6 is 0 Å². The Balaban J connectivity index is 3.11. The zero-order chi connectivity index (χ0) is 12.0. The van der Waals surface area contributed by atoms with Gasteiger partial charge in [-0.05, 0) is 31.1 Å². The second-order valence-corrected chi connectivity index (χ2v) is 3.07. The van der Waals surface area contributed by atoms with Crippen molar-refractivity contribution in [2.75, 3.05) is 6.61 Å². The van der Waals surface area contributed by atoms with E-state index in [1.807, 2.05) is 6.07 Å². The maximum absolute atomic E-state index is 11.5. The maximum Gasteiger partial charge on any atom is 0.349 e. The molecule has 1 aromatic rings. The molecule has 82 valence electrons. The van der Waals surface area contributed by atoms with Gasteiger partial charge in [-0.25, -0.2) is 4.79 Å². The van der Waals surface area contributed by atoms with Crippen LogP contribution in [0.3, 0.4) is 0 Å². The van der Waals surface area contributed by atoms with Crippen molar-refractivity contribution in [1.29, 1.82) is 5.26 Å². The molecule has 0 saturated carbocycles. The summed E-state index contributed by atoms with van der Waals surface area (Å²) in [6.07, 6.45) is 3.24. The van der Waals surface area contributed by atoms with Gasteiger partial charge in [0, 0.05) is 12.4 Å². The van der Waals surface area contributed by atoms with Crippen molar-refractivity contribution < 1.29 is 9.53 Å². The van der Waals surface area contributed by atoms with Gasteiger partial charge in [0.1, 0.15) is 11.6 Å². The number of pyridine rings is 1. The number of nitriles is 1. The van der Waals surface area contributed by atoms with Gasteiger partial charge in [0.2, 0.25) is 0 Å². The van der Waals surface area contributed by atoms with Crippen LogP contribution in [0, 0.1) is 11.3 Å². The Hall–Kier alpha value is -2.15. The summed E-state index contributed by atoms with van der Waals surface area (Å²) in [5.41, 5.74) is 1.34. The van der Waals surface area contributed by atoms with E-state index < -0.39 is 5.97 Å². The Labute approximate surface area is 94.2 Å². The van der Waals surface area contributed by atoms with E-state index in [2.05, 4.69) is 4.98 Å². The molecule has 0 bridgehead atoms. The molecule has 1 rings (SSSR count). The summed E-state index contributed by atoms with van der Waals surface area (Å²) in [7, 11) is 0. The first-order chi connectivity index (χ1) is 7.70. The van der Waals surface area contributed by atoms with E-state index in [1.54, 1.807) is 38.4 Å². The molecule has 0 fully saturated rings. The number of esters is 1. The summed E-state index contributed by atoms with van der Waals surface area (Å²) in [6, 6.07) is 5.40.